The van der Waals surface area contributed by atoms with E-state index in [1.54, 1.807) is 12.1 Å². The van der Waals surface area contributed by atoms with Gasteiger partial charge in [0.15, 0.2) is 0 Å². The lowest BCUT2D eigenvalue weighted by Gasteiger charge is -2.10. The van der Waals surface area contributed by atoms with Gasteiger partial charge in [-0.1, -0.05) is 6.92 Å². The van der Waals surface area contributed by atoms with Crippen LogP contribution in [-0.4, -0.2) is 24.9 Å². The summed E-state index contributed by atoms with van der Waals surface area (Å²) in [6, 6.07) is 5.39. The zero-order valence-electron chi connectivity index (χ0n) is 11.7. The van der Waals surface area contributed by atoms with Gasteiger partial charge in [0.25, 0.3) is 0 Å². The second kappa shape index (κ2) is 7.53. The van der Waals surface area contributed by atoms with Gasteiger partial charge in [-0.25, -0.2) is 0 Å². The molecule has 3 N–H and O–H groups in total. The molecule has 0 bridgehead atoms. The smallest absolute Gasteiger partial charge is 0.238 e. The first-order chi connectivity index (χ1) is 9.02. The van der Waals surface area contributed by atoms with Gasteiger partial charge in [0.2, 0.25) is 11.8 Å². The molecule has 0 aliphatic heterocycles. The minimum Gasteiger partial charge on any atom is -0.326 e. The first-order valence-corrected chi connectivity index (χ1v) is 6.41. The molecule has 1 aromatic rings. The van der Waals surface area contributed by atoms with Crippen LogP contribution in [0, 0.1) is 6.92 Å². The van der Waals surface area contributed by atoms with Crippen molar-refractivity contribution in [3.05, 3.63) is 23.8 Å². The highest BCUT2D eigenvalue weighted by molar-refractivity contribution is 5.93. The Labute approximate surface area is 113 Å². The van der Waals surface area contributed by atoms with Gasteiger partial charge in [-0.3, -0.25) is 9.59 Å². The maximum Gasteiger partial charge on any atom is 0.238 e. The Kier molecular flexibility index (Phi) is 6.02. The molecule has 0 atom stereocenters. The van der Waals surface area contributed by atoms with E-state index < -0.39 is 0 Å². The monoisotopic (exact) mass is 263 g/mol. The minimum atomic E-state index is -0.108. The minimum absolute atomic E-state index is 0.0693. The summed E-state index contributed by atoms with van der Waals surface area (Å²) in [5.74, 6) is -0.177. The lowest BCUT2D eigenvalue weighted by atomic mass is 10.1. The summed E-state index contributed by atoms with van der Waals surface area (Å²) in [4.78, 5) is 22.6. The molecule has 0 radical (unpaired) electrons. The molecule has 0 unspecified atom stereocenters. The van der Waals surface area contributed by atoms with Crippen LogP contribution in [0.15, 0.2) is 18.2 Å². The van der Waals surface area contributed by atoms with E-state index in [1.165, 1.54) is 6.92 Å². The van der Waals surface area contributed by atoms with Crippen molar-refractivity contribution in [1.82, 2.24) is 5.32 Å². The van der Waals surface area contributed by atoms with Crippen LogP contribution in [0.5, 0.6) is 0 Å². The van der Waals surface area contributed by atoms with Crippen molar-refractivity contribution in [2.45, 2.75) is 27.2 Å². The molecule has 104 valence electrons. The third-order valence-electron chi connectivity index (χ3n) is 2.53. The summed E-state index contributed by atoms with van der Waals surface area (Å²) in [6.45, 7) is 6.54. The number of hydrogen-bond acceptors (Lipinski definition) is 3. The van der Waals surface area contributed by atoms with Gasteiger partial charge in [0.1, 0.15) is 0 Å². The molecule has 0 aromatic heterocycles. The fourth-order valence-corrected chi connectivity index (χ4v) is 1.66. The number of benzene rings is 1. The zero-order chi connectivity index (χ0) is 14.3. The highest BCUT2D eigenvalue weighted by atomic mass is 16.2. The standard InChI is InChI=1S/C14H21N3O2/c1-4-7-15-9-14(19)17-12-5-6-13(10(2)8-12)16-11(3)18/h5-6,8,15H,4,7,9H2,1-3H3,(H,16,18)(H,17,19). The van der Waals surface area contributed by atoms with Gasteiger partial charge < -0.3 is 16.0 Å². The Bertz CT molecular complexity index is 458. The number of carbonyl (C=O) groups is 2. The van der Waals surface area contributed by atoms with Gasteiger partial charge in [-0.05, 0) is 43.7 Å². The molecule has 0 saturated carbocycles. The van der Waals surface area contributed by atoms with E-state index in [1.807, 2.05) is 13.0 Å². The average molecular weight is 263 g/mol. The number of nitrogens with one attached hydrogen (secondary N) is 3. The molecule has 0 saturated heterocycles. The van der Waals surface area contributed by atoms with Crippen molar-refractivity contribution < 1.29 is 9.59 Å². The van der Waals surface area contributed by atoms with Crippen LogP contribution in [0.2, 0.25) is 0 Å². The molecule has 0 fully saturated rings. The maximum absolute atomic E-state index is 11.6. The highest BCUT2D eigenvalue weighted by Gasteiger charge is 2.04. The number of carbonyl (C=O) groups excluding carboxylic acids is 2. The number of rotatable bonds is 6. The van der Waals surface area contributed by atoms with Crippen molar-refractivity contribution in [2.75, 3.05) is 23.7 Å². The van der Waals surface area contributed by atoms with E-state index in [0.29, 0.717) is 6.54 Å². The van der Waals surface area contributed by atoms with Crippen LogP contribution < -0.4 is 16.0 Å². The lowest BCUT2D eigenvalue weighted by molar-refractivity contribution is -0.115. The topological polar surface area (TPSA) is 70.2 Å². The third kappa shape index (κ3) is 5.52. The lowest BCUT2D eigenvalue weighted by Crippen LogP contribution is -2.28. The molecule has 1 aromatic carbocycles. The summed E-state index contributed by atoms with van der Waals surface area (Å²) >= 11 is 0. The SMILES string of the molecule is CCCNCC(=O)Nc1ccc(NC(C)=O)c(C)c1. The van der Waals surface area contributed by atoms with E-state index >= 15 is 0 Å². The molecule has 2 amide bonds. The average Bonchev–Trinajstić information content (AvgIpc) is 2.32. The fraction of sp³-hybridized carbons (Fsp3) is 0.429. The second-order valence-electron chi connectivity index (χ2n) is 4.44. The molecule has 19 heavy (non-hydrogen) atoms. The number of anilines is 2. The normalized spacial score (nSPS) is 10.1. The van der Waals surface area contributed by atoms with E-state index in [9.17, 15) is 9.59 Å². The summed E-state index contributed by atoms with van der Waals surface area (Å²) in [5.41, 5.74) is 2.40. The van der Waals surface area contributed by atoms with Crippen molar-refractivity contribution in [3.63, 3.8) is 0 Å². The van der Waals surface area contributed by atoms with E-state index in [0.717, 1.165) is 29.9 Å². The summed E-state index contributed by atoms with van der Waals surface area (Å²) < 4.78 is 0. The van der Waals surface area contributed by atoms with Gasteiger partial charge in [-0.15, -0.1) is 0 Å². The molecule has 1 rings (SSSR count). The second-order valence-corrected chi connectivity index (χ2v) is 4.44. The highest BCUT2D eigenvalue weighted by Crippen LogP contribution is 2.19. The Balaban J connectivity index is 2.58. The first kappa shape index (κ1) is 15.2. The third-order valence-corrected chi connectivity index (χ3v) is 2.53. The molecule has 5 heteroatoms. The number of hydrogen-bond donors (Lipinski definition) is 3. The van der Waals surface area contributed by atoms with Crippen LogP contribution in [0.3, 0.4) is 0 Å². The molecule has 0 aliphatic carbocycles. The van der Waals surface area contributed by atoms with Gasteiger partial charge in [0, 0.05) is 18.3 Å². The Morgan fingerprint density at radius 2 is 1.95 bits per heavy atom. The molecule has 0 aliphatic rings. The van der Waals surface area contributed by atoms with E-state index in [-0.39, 0.29) is 11.8 Å². The molecular weight excluding hydrogens is 242 g/mol. The van der Waals surface area contributed by atoms with Crippen molar-refractivity contribution in [2.24, 2.45) is 0 Å². The number of aryl methyl sites for hydroxylation is 1. The Morgan fingerprint density at radius 1 is 1.21 bits per heavy atom. The van der Waals surface area contributed by atoms with Gasteiger partial charge in [-0.2, -0.15) is 0 Å². The van der Waals surface area contributed by atoms with Crippen LogP contribution in [0.4, 0.5) is 11.4 Å². The maximum atomic E-state index is 11.6. The summed E-state index contributed by atoms with van der Waals surface area (Å²) in [5, 5.41) is 8.58. The van der Waals surface area contributed by atoms with Gasteiger partial charge in [0.05, 0.1) is 6.54 Å². The zero-order valence-corrected chi connectivity index (χ0v) is 11.7. The fourth-order valence-electron chi connectivity index (χ4n) is 1.66. The quantitative estimate of drug-likeness (QED) is 0.686. The number of amides is 2. The van der Waals surface area contributed by atoms with Crippen LogP contribution in [0.1, 0.15) is 25.8 Å². The summed E-state index contributed by atoms with van der Waals surface area (Å²) in [6.07, 6.45) is 0.998. The molecule has 0 spiro atoms. The molecule has 5 nitrogen and oxygen atoms in total. The van der Waals surface area contributed by atoms with Crippen molar-refractivity contribution >= 4 is 23.2 Å². The van der Waals surface area contributed by atoms with Crippen LogP contribution in [0.25, 0.3) is 0 Å². The van der Waals surface area contributed by atoms with Crippen molar-refractivity contribution in [3.8, 4) is 0 Å². The van der Waals surface area contributed by atoms with E-state index in [2.05, 4.69) is 22.9 Å². The Hall–Kier alpha value is -1.88. The predicted molar refractivity (Wildman–Crippen MR) is 77.3 cm³/mol. The van der Waals surface area contributed by atoms with Crippen LogP contribution in [-0.2, 0) is 9.59 Å². The molecular formula is C14H21N3O2. The van der Waals surface area contributed by atoms with Crippen molar-refractivity contribution in [1.29, 1.82) is 0 Å². The largest absolute Gasteiger partial charge is 0.326 e. The van der Waals surface area contributed by atoms with E-state index in [4.69, 9.17) is 0 Å². The summed E-state index contributed by atoms with van der Waals surface area (Å²) in [7, 11) is 0. The van der Waals surface area contributed by atoms with Crippen LogP contribution >= 0.6 is 0 Å². The molecule has 0 heterocycles. The predicted octanol–water partition coefficient (Wildman–Crippen LogP) is 1.89. The van der Waals surface area contributed by atoms with Gasteiger partial charge >= 0.3 is 0 Å². The Morgan fingerprint density at radius 3 is 2.53 bits per heavy atom. The first-order valence-electron chi connectivity index (χ1n) is 6.41.